The molecule has 0 aliphatic carbocycles. The molecule has 2 aliphatic rings. The second kappa shape index (κ2) is 9.46. The van der Waals surface area contributed by atoms with E-state index in [2.05, 4.69) is 56.9 Å². The average Bonchev–Trinajstić information content (AvgIpc) is 2.76. The summed E-state index contributed by atoms with van der Waals surface area (Å²) in [6.07, 6.45) is 5.84. The molecule has 0 atom stereocenters. The minimum atomic E-state index is 0.213. The third kappa shape index (κ3) is 4.90. The molecule has 0 unspecified atom stereocenters. The number of carbonyl (C=O) groups excluding carboxylic acids is 1. The summed E-state index contributed by atoms with van der Waals surface area (Å²) in [5.74, 6) is 0.981. The Labute approximate surface area is 195 Å². The zero-order valence-electron chi connectivity index (χ0n) is 19.2. The van der Waals surface area contributed by atoms with E-state index in [9.17, 15) is 4.79 Å². The van der Waals surface area contributed by atoms with E-state index in [1.54, 1.807) is 0 Å². The van der Waals surface area contributed by atoms with E-state index in [1.807, 2.05) is 32.0 Å². The Balaban J connectivity index is 1.32. The minimum Gasteiger partial charge on any atom is -0.338 e. The predicted molar refractivity (Wildman–Crippen MR) is 132 cm³/mol. The number of aryl methyl sites for hydroxylation is 2. The van der Waals surface area contributed by atoms with E-state index >= 15 is 0 Å². The van der Waals surface area contributed by atoms with Gasteiger partial charge in [0.1, 0.15) is 0 Å². The maximum atomic E-state index is 13.2. The molecule has 4 rings (SSSR count). The SMILES string of the molecule is Cc1cccc(C)c1C(=O)N1CCC(C)(N2CCC(Cc3ccccc3Br)CC2)CC1. The first-order chi connectivity index (χ1) is 14.9. The second-order valence-electron chi connectivity index (χ2n) is 9.78. The smallest absolute Gasteiger partial charge is 0.254 e. The fourth-order valence-electron chi connectivity index (χ4n) is 5.47. The largest absolute Gasteiger partial charge is 0.338 e. The monoisotopic (exact) mass is 482 g/mol. The van der Waals surface area contributed by atoms with Crippen LogP contribution in [0.4, 0.5) is 0 Å². The van der Waals surface area contributed by atoms with E-state index in [4.69, 9.17) is 0 Å². The Morgan fingerprint density at radius 3 is 2.19 bits per heavy atom. The number of carbonyl (C=O) groups is 1. The molecule has 4 heteroatoms. The lowest BCUT2D eigenvalue weighted by atomic mass is 9.83. The normalized spacial score (nSPS) is 20.1. The van der Waals surface area contributed by atoms with Crippen LogP contribution in [0, 0.1) is 19.8 Å². The molecule has 2 aromatic carbocycles. The lowest BCUT2D eigenvalue weighted by molar-refractivity contribution is 0.0115. The Morgan fingerprint density at radius 2 is 1.58 bits per heavy atom. The molecule has 0 bridgehead atoms. The highest BCUT2D eigenvalue weighted by atomic mass is 79.9. The van der Waals surface area contributed by atoms with Crippen LogP contribution in [-0.4, -0.2) is 47.4 Å². The Morgan fingerprint density at radius 1 is 0.968 bits per heavy atom. The first kappa shape index (κ1) is 22.5. The molecule has 31 heavy (non-hydrogen) atoms. The summed E-state index contributed by atoms with van der Waals surface area (Å²) in [6, 6.07) is 14.8. The third-order valence-electron chi connectivity index (χ3n) is 7.67. The quantitative estimate of drug-likeness (QED) is 0.531. The molecule has 0 radical (unpaired) electrons. The van der Waals surface area contributed by atoms with Crippen LogP contribution in [0.1, 0.15) is 59.7 Å². The number of likely N-dealkylation sites (tertiary alicyclic amines) is 2. The van der Waals surface area contributed by atoms with Gasteiger partial charge in [-0.25, -0.2) is 0 Å². The van der Waals surface area contributed by atoms with Gasteiger partial charge in [-0.15, -0.1) is 0 Å². The van der Waals surface area contributed by atoms with Crippen molar-refractivity contribution in [3.8, 4) is 0 Å². The first-order valence-electron chi connectivity index (χ1n) is 11.7. The molecule has 2 saturated heterocycles. The summed E-state index contributed by atoms with van der Waals surface area (Å²) in [4.78, 5) is 18.0. The first-order valence-corrected chi connectivity index (χ1v) is 12.5. The number of benzene rings is 2. The van der Waals surface area contributed by atoms with Gasteiger partial charge in [-0.05, 0) is 94.6 Å². The summed E-state index contributed by atoms with van der Waals surface area (Å²) in [5, 5.41) is 0. The van der Waals surface area contributed by atoms with Crippen LogP contribution in [0.5, 0.6) is 0 Å². The van der Waals surface area contributed by atoms with Crippen LogP contribution in [0.3, 0.4) is 0 Å². The van der Waals surface area contributed by atoms with Gasteiger partial charge in [0, 0.05) is 28.7 Å². The maximum Gasteiger partial charge on any atom is 0.254 e. The van der Waals surface area contributed by atoms with Crippen LogP contribution in [0.25, 0.3) is 0 Å². The van der Waals surface area contributed by atoms with Crippen molar-refractivity contribution in [2.75, 3.05) is 26.2 Å². The van der Waals surface area contributed by atoms with Gasteiger partial charge in [0.2, 0.25) is 0 Å². The van der Waals surface area contributed by atoms with Crippen molar-refractivity contribution >= 4 is 21.8 Å². The number of rotatable bonds is 4. The highest BCUT2D eigenvalue weighted by Gasteiger charge is 2.38. The number of piperidine rings is 2. The lowest BCUT2D eigenvalue weighted by Gasteiger charge is -2.49. The van der Waals surface area contributed by atoms with E-state index in [0.717, 1.165) is 48.5 Å². The molecule has 0 spiro atoms. The van der Waals surface area contributed by atoms with Gasteiger partial charge in [-0.2, -0.15) is 0 Å². The molecule has 0 aromatic heterocycles. The molecule has 2 heterocycles. The number of halogens is 1. The van der Waals surface area contributed by atoms with E-state index in [1.165, 1.54) is 42.4 Å². The highest BCUT2D eigenvalue weighted by molar-refractivity contribution is 9.10. The van der Waals surface area contributed by atoms with Crippen molar-refractivity contribution in [3.05, 3.63) is 69.2 Å². The molecule has 3 nitrogen and oxygen atoms in total. The van der Waals surface area contributed by atoms with Gasteiger partial charge in [0.25, 0.3) is 5.91 Å². The van der Waals surface area contributed by atoms with Crippen molar-refractivity contribution in [2.45, 2.75) is 58.4 Å². The topological polar surface area (TPSA) is 23.6 Å². The lowest BCUT2D eigenvalue weighted by Crippen LogP contribution is -2.56. The van der Waals surface area contributed by atoms with Crippen LogP contribution in [0.15, 0.2) is 46.9 Å². The molecule has 2 fully saturated rings. The third-order valence-corrected chi connectivity index (χ3v) is 8.44. The van der Waals surface area contributed by atoms with Gasteiger partial charge in [0.15, 0.2) is 0 Å². The fourth-order valence-corrected chi connectivity index (χ4v) is 5.92. The number of amides is 1. The predicted octanol–water partition coefficient (Wildman–Crippen LogP) is 6.02. The molecule has 2 aromatic rings. The van der Waals surface area contributed by atoms with E-state index < -0.39 is 0 Å². The van der Waals surface area contributed by atoms with Crippen LogP contribution >= 0.6 is 15.9 Å². The molecular weight excluding hydrogens is 448 g/mol. The number of hydrogen-bond donors (Lipinski definition) is 0. The van der Waals surface area contributed by atoms with Crippen molar-refractivity contribution in [2.24, 2.45) is 5.92 Å². The fraction of sp³-hybridized carbons (Fsp3) is 0.519. The van der Waals surface area contributed by atoms with Gasteiger partial charge < -0.3 is 4.90 Å². The number of hydrogen-bond acceptors (Lipinski definition) is 2. The molecular formula is C27H35BrN2O. The van der Waals surface area contributed by atoms with Gasteiger partial charge in [-0.3, -0.25) is 9.69 Å². The molecule has 166 valence electrons. The zero-order chi connectivity index (χ0) is 22.0. The standard InChI is InChI=1S/C27H35BrN2O/c1-20-7-6-8-21(2)25(20)26(31)29-17-13-27(3,14-18-29)30-15-11-22(12-16-30)19-23-9-4-5-10-24(23)28/h4-10,22H,11-19H2,1-3H3. The summed E-state index contributed by atoms with van der Waals surface area (Å²) in [6.45, 7) is 10.6. The van der Waals surface area contributed by atoms with Crippen LogP contribution < -0.4 is 0 Å². The zero-order valence-corrected chi connectivity index (χ0v) is 20.7. The highest BCUT2D eigenvalue weighted by Crippen LogP contribution is 2.34. The maximum absolute atomic E-state index is 13.2. The van der Waals surface area contributed by atoms with E-state index in [0.29, 0.717) is 0 Å². The van der Waals surface area contributed by atoms with Gasteiger partial charge in [0.05, 0.1) is 0 Å². The second-order valence-corrected chi connectivity index (χ2v) is 10.6. The number of nitrogens with zero attached hydrogens (tertiary/aromatic N) is 2. The molecule has 2 aliphatic heterocycles. The molecule has 0 N–H and O–H groups in total. The summed E-state index contributed by atoms with van der Waals surface area (Å²) in [5.41, 5.74) is 4.73. The Hall–Kier alpha value is -1.65. The molecule has 1 amide bonds. The van der Waals surface area contributed by atoms with Crippen LogP contribution in [0.2, 0.25) is 0 Å². The summed E-state index contributed by atoms with van der Waals surface area (Å²) < 4.78 is 1.24. The van der Waals surface area contributed by atoms with Crippen LogP contribution in [-0.2, 0) is 6.42 Å². The van der Waals surface area contributed by atoms with Crippen molar-refractivity contribution < 1.29 is 4.79 Å². The summed E-state index contributed by atoms with van der Waals surface area (Å²) >= 11 is 3.71. The van der Waals surface area contributed by atoms with Crippen molar-refractivity contribution in [1.29, 1.82) is 0 Å². The average molecular weight is 483 g/mol. The van der Waals surface area contributed by atoms with E-state index in [-0.39, 0.29) is 11.4 Å². The van der Waals surface area contributed by atoms with Crippen molar-refractivity contribution in [3.63, 3.8) is 0 Å². The Kier molecular flexibility index (Phi) is 6.88. The minimum absolute atomic E-state index is 0.213. The molecule has 0 saturated carbocycles. The summed E-state index contributed by atoms with van der Waals surface area (Å²) in [7, 11) is 0. The van der Waals surface area contributed by atoms with Gasteiger partial charge >= 0.3 is 0 Å². The van der Waals surface area contributed by atoms with Gasteiger partial charge in [-0.1, -0.05) is 52.3 Å². The Bertz CT molecular complexity index is 904. The van der Waals surface area contributed by atoms with Crippen molar-refractivity contribution in [1.82, 2.24) is 9.80 Å².